The first-order valence-corrected chi connectivity index (χ1v) is 7.55. The van der Waals surface area contributed by atoms with Gasteiger partial charge in [-0.3, -0.25) is 0 Å². The Morgan fingerprint density at radius 2 is 1.80 bits per heavy atom. The van der Waals surface area contributed by atoms with Gasteiger partial charge in [-0.25, -0.2) is 4.39 Å². The third-order valence-corrected chi connectivity index (χ3v) is 4.21. The van der Waals surface area contributed by atoms with E-state index in [1.807, 2.05) is 24.3 Å². The van der Waals surface area contributed by atoms with E-state index in [9.17, 15) is 9.50 Å². The molecule has 2 aromatic carbocycles. The van der Waals surface area contributed by atoms with E-state index in [-0.39, 0.29) is 18.3 Å². The lowest BCUT2D eigenvalue weighted by atomic mass is 9.93. The van der Waals surface area contributed by atoms with Gasteiger partial charge < -0.3 is 5.11 Å². The van der Waals surface area contributed by atoms with E-state index in [1.165, 1.54) is 12.1 Å². The lowest BCUT2D eigenvalue weighted by Gasteiger charge is -2.15. The predicted octanol–water partition coefficient (Wildman–Crippen LogP) is 4.64. The lowest BCUT2D eigenvalue weighted by Crippen LogP contribution is -2.13. The van der Waals surface area contributed by atoms with Gasteiger partial charge in [0.05, 0.1) is 0 Å². The number of rotatable bonds is 5. The van der Waals surface area contributed by atoms with Crippen LogP contribution in [0, 0.1) is 11.7 Å². The summed E-state index contributed by atoms with van der Waals surface area (Å²) in [7, 11) is 0. The molecule has 2 aromatic rings. The molecule has 0 aliphatic carbocycles. The highest BCUT2D eigenvalue weighted by molar-refractivity contribution is 9.10. The molecule has 0 fully saturated rings. The van der Waals surface area contributed by atoms with E-state index in [1.54, 1.807) is 6.07 Å². The van der Waals surface area contributed by atoms with Gasteiger partial charge >= 0.3 is 0 Å². The van der Waals surface area contributed by atoms with Crippen LogP contribution < -0.4 is 0 Å². The average Bonchev–Trinajstić information content (AvgIpc) is 2.43. The average molecular weight is 358 g/mol. The second-order valence-corrected chi connectivity index (χ2v) is 6.11. The van der Waals surface area contributed by atoms with Crippen molar-refractivity contribution in [3.8, 4) is 0 Å². The molecule has 1 atom stereocenters. The number of benzene rings is 2. The minimum absolute atomic E-state index is 0.0897. The van der Waals surface area contributed by atoms with Crippen molar-refractivity contribution < 1.29 is 9.50 Å². The van der Waals surface area contributed by atoms with E-state index < -0.39 is 0 Å². The molecule has 0 aliphatic rings. The van der Waals surface area contributed by atoms with Crippen LogP contribution in [0.3, 0.4) is 0 Å². The Bertz CT molecular complexity index is 571. The molecule has 106 valence electrons. The molecule has 4 heteroatoms. The van der Waals surface area contributed by atoms with Crippen LogP contribution in [0.1, 0.15) is 11.1 Å². The summed E-state index contributed by atoms with van der Waals surface area (Å²) in [6, 6.07) is 12.3. The molecule has 0 saturated carbocycles. The van der Waals surface area contributed by atoms with E-state index >= 15 is 0 Å². The second kappa shape index (κ2) is 7.21. The highest BCUT2D eigenvalue weighted by Gasteiger charge is 2.12. The molecule has 0 heterocycles. The van der Waals surface area contributed by atoms with Crippen molar-refractivity contribution >= 4 is 27.5 Å². The second-order valence-electron chi connectivity index (χ2n) is 4.82. The van der Waals surface area contributed by atoms with Crippen molar-refractivity contribution in [2.75, 3.05) is 6.61 Å². The van der Waals surface area contributed by atoms with Crippen LogP contribution in [0.25, 0.3) is 0 Å². The van der Waals surface area contributed by atoms with E-state index in [4.69, 9.17) is 11.6 Å². The molecule has 20 heavy (non-hydrogen) atoms. The van der Waals surface area contributed by atoms with E-state index in [2.05, 4.69) is 15.9 Å². The zero-order valence-electron chi connectivity index (χ0n) is 10.8. The van der Waals surface area contributed by atoms with Crippen LogP contribution in [0.5, 0.6) is 0 Å². The summed E-state index contributed by atoms with van der Waals surface area (Å²) < 4.78 is 13.8. The van der Waals surface area contributed by atoms with Crippen molar-refractivity contribution in [1.29, 1.82) is 0 Å². The smallest absolute Gasteiger partial charge is 0.124 e. The van der Waals surface area contributed by atoms with Crippen molar-refractivity contribution in [2.24, 2.45) is 5.92 Å². The van der Waals surface area contributed by atoms with Crippen LogP contribution in [-0.4, -0.2) is 11.7 Å². The van der Waals surface area contributed by atoms with Gasteiger partial charge in [0, 0.05) is 16.1 Å². The number of halogens is 3. The predicted molar refractivity (Wildman–Crippen MR) is 83.5 cm³/mol. The molecule has 0 radical (unpaired) electrons. The summed E-state index contributed by atoms with van der Waals surface area (Å²) in [5.74, 6) is -0.170. The summed E-state index contributed by atoms with van der Waals surface area (Å²) in [6.45, 7) is 0.0897. The summed E-state index contributed by atoms with van der Waals surface area (Å²) in [5.41, 5.74) is 2.13. The maximum atomic E-state index is 13.1. The van der Waals surface area contributed by atoms with Crippen LogP contribution in [0.15, 0.2) is 46.9 Å². The van der Waals surface area contributed by atoms with E-state index in [0.29, 0.717) is 11.4 Å². The fraction of sp³-hybridized carbons (Fsp3) is 0.250. The third kappa shape index (κ3) is 4.30. The Hall–Kier alpha value is -0.900. The first kappa shape index (κ1) is 15.5. The molecule has 0 spiro atoms. The van der Waals surface area contributed by atoms with Gasteiger partial charge in [-0.05, 0) is 54.2 Å². The molecular formula is C16H15BrClFO. The zero-order valence-corrected chi connectivity index (χ0v) is 13.2. The van der Waals surface area contributed by atoms with Gasteiger partial charge in [-0.1, -0.05) is 45.7 Å². The Balaban J connectivity index is 2.07. The summed E-state index contributed by atoms with van der Waals surface area (Å²) >= 11 is 9.22. The normalized spacial score (nSPS) is 12.4. The van der Waals surface area contributed by atoms with E-state index in [0.717, 1.165) is 22.0 Å². The summed E-state index contributed by atoms with van der Waals surface area (Å²) in [5, 5.41) is 10.2. The van der Waals surface area contributed by atoms with Crippen LogP contribution >= 0.6 is 27.5 Å². The maximum Gasteiger partial charge on any atom is 0.124 e. The first-order valence-electron chi connectivity index (χ1n) is 6.37. The lowest BCUT2D eigenvalue weighted by molar-refractivity contribution is 0.225. The molecule has 0 amide bonds. The Morgan fingerprint density at radius 1 is 1.10 bits per heavy atom. The summed E-state index contributed by atoms with van der Waals surface area (Å²) in [6.07, 6.45) is 1.46. The fourth-order valence-electron chi connectivity index (χ4n) is 2.15. The molecule has 0 aromatic heterocycles. The Kier molecular flexibility index (Phi) is 5.58. The van der Waals surface area contributed by atoms with Crippen molar-refractivity contribution in [3.63, 3.8) is 0 Å². The maximum absolute atomic E-state index is 13.1. The van der Waals surface area contributed by atoms with Crippen molar-refractivity contribution in [1.82, 2.24) is 0 Å². The number of hydrogen-bond acceptors (Lipinski definition) is 1. The van der Waals surface area contributed by atoms with Gasteiger partial charge in [0.2, 0.25) is 0 Å². The number of hydrogen-bond donors (Lipinski definition) is 1. The monoisotopic (exact) mass is 356 g/mol. The largest absolute Gasteiger partial charge is 0.396 e. The molecular weight excluding hydrogens is 343 g/mol. The van der Waals surface area contributed by atoms with Gasteiger partial charge in [0.15, 0.2) is 0 Å². The van der Waals surface area contributed by atoms with Gasteiger partial charge in [0.25, 0.3) is 0 Å². The minimum atomic E-state index is -0.265. The Morgan fingerprint density at radius 3 is 2.40 bits per heavy atom. The highest BCUT2D eigenvalue weighted by atomic mass is 79.9. The fourth-order valence-corrected chi connectivity index (χ4v) is 2.79. The van der Waals surface area contributed by atoms with Gasteiger partial charge in [-0.15, -0.1) is 0 Å². The van der Waals surface area contributed by atoms with Crippen molar-refractivity contribution in [2.45, 2.75) is 12.8 Å². The van der Waals surface area contributed by atoms with Crippen LogP contribution in [-0.2, 0) is 12.8 Å². The van der Waals surface area contributed by atoms with Crippen molar-refractivity contribution in [3.05, 3.63) is 68.9 Å². The molecule has 1 N–H and O–H groups in total. The molecule has 1 nitrogen and oxygen atoms in total. The quantitative estimate of drug-likeness (QED) is 0.827. The SMILES string of the molecule is OCC(Cc1ccc(Cl)cc1)Cc1ccc(F)cc1Br. The topological polar surface area (TPSA) is 20.2 Å². The highest BCUT2D eigenvalue weighted by Crippen LogP contribution is 2.23. The molecule has 0 aliphatic heterocycles. The number of aliphatic hydroxyl groups is 1. The number of aliphatic hydroxyl groups excluding tert-OH is 1. The third-order valence-electron chi connectivity index (χ3n) is 3.22. The Labute approximate surface area is 131 Å². The van der Waals surface area contributed by atoms with Gasteiger partial charge in [0.1, 0.15) is 5.82 Å². The molecule has 0 saturated heterocycles. The first-order chi connectivity index (χ1) is 9.58. The molecule has 0 bridgehead atoms. The van der Waals surface area contributed by atoms with Gasteiger partial charge in [-0.2, -0.15) is 0 Å². The molecule has 1 unspecified atom stereocenters. The molecule has 2 rings (SSSR count). The van der Waals surface area contributed by atoms with Crippen LogP contribution in [0.4, 0.5) is 4.39 Å². The zero-order chi connectivity index (χ0) is 14.5. The minimum Gasteiger partial charge on any atom is -0.396 e. The summed E-state index contributed by atoms with van der Waals surface area (Å²) in [4.78, 5) is 0. The standard InChI is InChI=1S/C16H15BrClFO/c17-16-9-15(19)6-3-13(16)8-12(10-20)7-11-1-4-14(18)5-2-11/h1-6,9,12,20H,7-8,10H2. The van der Waals surface area contributed by atoms with Crippen LogP contribution in [0.2, 0.25) is 5.02 Å².